The molecule has 2 atom stereocenters. The number of ether oxygens (including phenoxy) is 1. The SMILES string of the molecule is Cc1nc(COc2ccc(CN3C[C@@H](CN)[C@H](c4ccccc4)C3)cc2)cs1. The summed E-state index contributed by atoms with van der Waals surface area (Å²) in [6.07, 6.45) is 0. The van der Waals surface area contributed by atoms with E-state index in [9.17, 15) is 0 Å². The van der Waals surface area contributed by atoms with E-state index in [1.54, 1.807) is 11.3 Å². The molecule has 5 heteroatoms. The minimum absolute atomic E-state index is 0.520. The molecule has 3 aromatic rings. The minimum atomic E-state index is 0.520. The van der Waals surface area contributed by atoms with E-state index in [1.807, 2.05) is 12.3 Å². The summed E-state index contributed by atoms with van der Waals surface area (Å²) in [5.74, 6) is 1.93. The van der Waals surface area contributed by atoms with Crippen LogP contribution in [0.5, 0.6) is 5.75 Å². The molecule has 2 aromatic carbocycles. The summed E-state index contributed by atoms with van der Waals surface area (Å²) in [6.45, 7) is 6.33. The smallest absolute Gasteiger partial charge is 0.131 e. The summed E-state index contributed by atoms with van der Waals surface area (Å²) in [7, 11) is 0. The lowest BCUT2D eigenvalue weighted by atomic mass is 9.89. The third-order valence-corrected chi connectivity index (χ3v) is 6.25. The Morgan fingerprint density at radius 2 is 1.89 bits per heavy atom. The number of rotatable bonds is 7. The van der Waals surface area contributed by atoms with Crippen LogP contribution in [0, 0.1) is 12.8 Å². The molecule has 4 nitrogen and oxygen atoms in total. The van der Waals surface area contributed by atoms with Gasteiger partial charge in [0.15, 0.2) is 0 Å². The predicted octanol–water partition coefficient (Wildman–Crippen LogP) is 4.20. The molecule has 1 saturated heterocycles. The van der Waals surface area contributed by atoms with Gasteiger partial charge < -0.3 is 10.5 Å². The maximum absolute atomic E-state index is 6.07. The van der Waals surface area contributed by atoms with Gasteiger partial charge in [-0.3, -0.25) is 4.90 Å². The Balaban J connectivity index is 1.34. The van der Waals surface area contributed by atoms with Crippen LogP contribution in [0.3, 0.4) is 0 Å². The lowest BCUT2D eigenvalue weighted by Crippen LogP contribution is -2.23. The van der Waals surface area contributed by atoms with Crippen LogP contribution in [0.2, 0.25) is 0 Å². The standard InChI is InChI=1S/C23H27N3OS/c1-17-25-21(16-28-17)15-27-22-9-7-18(8-10-22)12-26-13-20(11-24)23(14-26)19-5-3-2-4-6-19/h2-10,16,20,23H,11-15,24H2,1H3/t20-,23+/m1/s1. The van der Waals surface area contributed by atoms with Crippen molar-refractivity contribution in [3.8, 4) is 5.75 Å². The maximum atomic E-state index is 6.07. The van der Waals surface area contributed by atoms with Gasteiger partial charge in [0, 0.05) is 30.9 Å². The third-order valence-electron chi connectivity index (χ3n) is 5.43. The molecule has 0 saturated carbocycles. The first-order chi connectivity index (χ1) is 13.7. The van der Waals surface area contributed by atoms with Gasteiger partial charge in [-0.25, -0.2) is 4.98 Å². The Morgan fingerprint density at radius 1 is 1.11 bits per heavy atom. The van der Waals surface area contributed by atoms with Crippen LogP contribution in [0.15, 0.2) is 60.0 Å². The number of hydrogen-bond donors (Lipinski definition) is 1. The van der Waals surface area contributed by atoms with Crippen LogP contribution in [-0.2, 0) is 13.2 Å². The maximum Gasteiger partial charge on any atom is 0.131 e. The second kappa shape index (κ2) is 8.86. The van der Waals surface area contributed by atoms with Crippen molar-refractivity contribution < 1.29 is 4.74 Å². The highest BCUT2D eigenvalue weighted by Gasteiger charge is 2.32. The molecule has 1 fully saturated rings. The van der Waals surface area contributed by atoms with Gasteiger partial charge >= 0.3 is 0 Å². The van der Waals surface area contributed by atoms with Crippen LogP contribution >= 0.6 is 11.3 Å². The van der Waals surface area contributed by atoms with E-state index >= 15 is 0 Å². The van der Waals surface area contributed by atoms with Crippen molar-refractivity contribution in [2.75, 3.05) is 19.6 Å². The highest BCUT2D eigenvalue weighted by molar-refractivity contribution is 7.09. The Hall–Kier alpha value is -2.21. The third kappa shape index (κ3) is 4.61. The topological polar surface area (TPSA) is 51.4 Å². The number of likely N-dealkylation sites (tertiary alicyclic amines) is 1. The number of aromatic nitrogens is 1. The van der Waals surface area contributed by atoms with Crippen molar-refractivity contribution in [1.82, 2.24) is 9.88 Å². The van der Waals surface area contributed by atoms with Gasteiger partial charge in [-0.2, -0.15) is 0 Å². The number of nitrogens with two attached hydrogens (primary N) is 1. The predicted molar refractivity (Wildman–Crippen MR) is 115 cm³/mol. The molecule has 1 aliphatic heterocycles. The van der Waals surface area contributed by atoms with Crippen LogP contribution in [-0.4, -0.2) is 29.5 Å². The molecule has 146 valence electrons. The number of thiazole rings is 1. The van der Waals surface area contributed by atoms with E-state index in [4.69, 9.17) is 10.5 Å². The molecule has 28 heavy (non-hydrogen) atoms. The first-order valence-electron chi connectivity index (χ1n) is 9.81. The molecule has 0 spiro atoms. The van der Waals surface area contributed by atoms with Crippen molar-refractivity contribution >= 4 is 11.3 Å². The molecule has 1 aromatic heterocycles. The molecular formula is C23H27N3OS. The van der Waals surface area contributed by atoms with E-state index in [0.29, 0.717) is 18.4 Å². The lowest BCUT2D eigenvalue weighted by molar-refractivity contribution is 0.300. The molecule has 4 rings (SSSR count). The molecule has 0 amide bonds. The van der Waals surface area contributed by atoms with Gasteiger partial charge in [0.05, 0.1) is 10.7 Å². The van der Waals surface area contributed by atoms with Crippen molar-refractivity contribution in [1.29, 1.82) is 0 Å². The summed E-state index contributed by atoms with van der Waals surface area (Å²) in [4.78, 5) is 6.95. The summed E-state index contributed by atoms with van der Waals surface area (Å²) < 4.78 is 5.85. The molecule has 0 unspecified atom stereocenters. The van der Waals surface area contributed by atoms with Gasteiger partial charge in [0.2, 0.25) is 0 Å². The normalized spacial score (nSPS) is 19.8. The Kier molecular flexibility index (Phi) is 6.05. The van der Waals surface area contributed by atoms with Gasteiger partial charge in [-0.1, -0.05) is 42.5 Å². The zero-order valence-electron chi connectivity index (χ0n) is 16.3. The second-order valence-corrected chi connectivity index (χ2v) is 8.56. The summed E-state index contributed by atoms with van der Waals surface area (Å²) in [5.41, 5.74) is 9.77. The van der Waals surface area contributed by atoms with E-state index in [1.165, 1.54) is 11.1 Å². The Morgan fingerprint density at radius 3 is 2.57 bits per heavy atom. The first kappa shape index (κ1) is 19.1. The average Bonchev–Trinajstić information content (AvgIpc) is 3.34. The fraction of sp³-hybridized carbons (Fsp3) is 0.348. The molecule has 0 aliphatic carbocycles. The molecule has 0 bridgehead atoms. The van der Waals surface area contributed by atoms with E-state index in [2.05, 4.69) is 64.5 Å². The molecular weight excluding hydrogens is 366 g/mol. The van der Waals surface area contributed by atoms with Crippen LogP contribution in [0.4, 0.5) is 0 Å². The van der Waals surface area contributed by atoms with Crippen LogP contribution < -0.4 is 10.5 Å². The molecule has 0 radical (unpaired) electrons. The van der Waals surface area contributed by atoms with E-state index < -0.39 is 0 Å². The quantitative estimate of drug-likeness (QED) is 0.653. The monoisotopic (exact) mass is 393 g/mol. The highest BCUT2D eigenvalue weighted by atomic mass is 32.1. The fourth-order valence-electron chi connectivity index (χ4n) is 3.99. The van der Waals surface area contributed by atoms with Gasteiger partial charge in [-0.15, -0.1) is 11.3 Å². The fourth-order valence-corrected chi connectivity index (χ4v) is 4.58. The summed E-state index contributed by atoms with van der Waals surface area (Å²) in [5, 5.41) is 3.12. The second-order valence-electron chi connectivity index (χ2n) is 7.50. The zero-order chi connectivity index (χ0) is 19.3. The van der Waals surface area contributed by atoms with Crippen LogP contribution in [0.25, 0.3) is 0 Å². The summed E-state index contributed by atoms with van der Waals surface area (Å²) in [6, 6.07) is 19.2. The van der Waals surface area contributed by atoms with Crippen LogP contribution in [0.1, 0.15) is 27.7 Å². The zero-order valence-corrected chi connectivity index (χ0v) is 17.1. The van der Waals surface area contributed by atoms with E-state index in [-0.39, 0.29) is 0 Å². The highest BCUT2D eigenvalue weighted by Crippen LogP contribution is 2.33. The van der Waals surface area contributed by atoms with Crippen molar-refractivity contribution in [3.63, 3.8) is 0 Å². The minimum Gasteiger partial charge on any atom is -0.487 e. The Bertz CT molecular complexity index is 878. The van der Waals surface area contributed by atoms with Gasteiger partial charge in [0.25, 0.3) is 0 Å². The van der Waals surface area contributed by atoms with E-state index in [0.717, 1.165) is 42.6 Å². The first-order valence-corrected chi connectivity index (χ1v) is 10.7. The molecule has 2 N–H and O–H groups in total. The lowest BCUT2D eigenvalue weighted by Gasteiger charge is -2.17. The Labute approximate surface area is 171 Å². The largest absolute Gasteiger partial charge is 0.487 e. The van der Waals surface area contributed by atoms with Crippen molar-refractivity contribution in [2.24, 2.45) is 11.7 Å². The number of benzene rings is 2. The van der Waals surface area contributed by atoms with Crippen molar-refractivity contribution in [2.45, 2.75) is 26.0 Å². The average molecular weight is 394 g/mol. The number of aryl methyl sites for hydroxylation is 1. The molecule has 1 aliphatic rings. The summed E-state index contributed by atoms with van der Waals surface area (Å²) >= 11 is 1.65. The number of nitrogens with zero attached hydrogens (tertiary/aromatic N) is 2. The van der Waals surface area contributed by atoms with Gasteiger partial charge in [0.1, 0.15) is 12.4 Å². The van der Waals surface area contributed by atoms with Crippen molar-refractivity contribution in [3.05, 3.63) is 81.8 Å². The number of hydrogen-bond acceptors (Lipinski definition) is 5. The van der Waals surface area contributed by atoms with Gasteiger partial charge in [-0.05, 0) is 42.6 Å². The molecule has 2 heterocycles.